The van der Waals surface area contributed by atoms with Crippen molar-refractivity contribution in [2.75, 3.05) is 6.61 Å². The van der Waals surface area contributed by atoms with Crippen LogP contribution in [0.15, 0.2) is 0 Å². The normalized spacial score (nSPS) is 41.9. The SMILES string of the molecule is CC(=O)[C@@H]1O[C@H]1[C@H]1COC(C)(C)O1. The van der Waals surface area contributed by atoms with Crippen LogP contribution in [-0.4, -0.2) is 36.5 Å². The van der Waals surface area contributed by atoms with Crippen molar-refractivity contribution >= 4 is 5.78 Å². The third-order valence-corrected chi connectivity index (χ3v) is 2.32. The van der Waals surface area contributed by atoms with Gasteiger partial charge in [0, 0.05) is 0 Å². The van der Waals surface area contributed by atoms with Crippen LogP contribution in [0, 0.1) is 0 Å². The van der Waals surface area contributed by atoms with Gasteiger partial charge in [-0.1, -0.05) is 0 Å². The molecule has 0 aromatic carbocycles. The van der Waals surface area contributed by atoms with Gasteiger partial charge in [-0.05, 0) is 20.8 Å². The van der Waals surface area contributed by atoms with Crippen molar-refractivity contribution in [2.45, 2.75) is 44.9 Å². The molecular weight excluding hydrogens is 172 g/mol. The molecule has 4 heteroatoms. The van der Waals surface area contributed by atoms with E-state index >= 15 is 0 Å². The van der Waals surface area contributed by atoms with Crippen LogP contribution >= 0.6 is 0 Å². The lowest BCUT2D eigenvalue weighted by Gasteiger charge is -2.16. The van der Waals surface area contributed by atoms with Gasteiger partial charge in [-0.3, -0.25) is 4.79 Å². The first-order chi connectivity index (χ1) is 5.99. The van der Waals surface area contributed by atoms with E-state index in [1.165, 1.54) is 6.92 Å². The molecule has 0 aromatic rings. The molecule has 0 unspecified atom stereocenters. The van der Waals surface area contributed by atoms with E-state index in [-0.39, 0.29) is 24.1 Å². The topological polar surface area (TPSA) is 48.1 Å². The highest BCUT2D eigenvalue weighted by Gasteiger charge is 2.52. The highest BCUT2D eigenvalue weighted by atomic mass is 16.8. The smallest absolute Gasteiger partial charge is 0.163 e. The van der Waals surface area contributed by atoms with E-state index in [0.717, 1.165) is 0 Å². The molecule has 0 bridgehead atoms. The van der Waals surface area contributed by atoms with E-state index in [9.17, 15) is 4.79 Å². The van der Waals surface area contributed by atoms with E-state index in [0.29, 0.717) is 6.61 Å². The average Bonchev–Trinajstić information content (AvgIpc) is 2.71. The molecule has 0 saturated carbocycles. The minimum Gasteiger partial charge on any atom is -0.358 e. The summed E-state index contributed by atoms with van der Waals surface area (Å²) in [5.41, 5.74) is 0. The Morgan fingerprint density at radius 2 is 2.15 bits per heavy atom. The molecule has 0 amide bonds. The Kier molecular flexibility index (Phi) is 1.94. The number of ketones is 1. The number of epoxide rings is 1. The van der Waals surface area contributed by atoms with Gasteiger partial charge in [0.05, 0.1) is 6.61 Å². The zero-order valence-electron chi connectivity index (χ0n) is 8.07. The number of carbonyl (C=O) groups is 1. The number of carbonyl (C=O) groups excluding carboxylic acids is 1. The molecule has 13 heavy (non-hydrogen) atoms. The largest absolute Gasteiger partial charge is 0.358 e. The molecule has 3 atom stereocenters. The first-order valence-electron chi connectivity index (χ1n) is 4.47. The van der Waals surface area contributed by atoms with E-state index in [1.54, 1.807) is 0 Å². The molecular formula is C9H14O4. The summed E-state index contributed by atoms with van der Waals surface area (Å²) >= 11 is 0. The van der Waals surface area contributed by atoms with E-state index in [4.69, 9.17) is 14.2 Å². The van der Waals surface area contributed by atoms with Crippen molar-refractivity contribution in [1.82, 2.24) is 0 Å². The second-order valence-electron chi connectivity index (χ2n) is 4.00. The Balaban J connectivity index is 1.89. The minimum absolute atomic E-state index is 0.0679. The molecule has 2 aliphatic heterocycles. The standard InChI is InChI=1S/C9H14O4/c1-5(10)7-8(12-7)6-4-11-9(2,3)13-6/h6-8H,4H2,1-3H3/t6-,7+,8+/m1/s1. The van der Waals surface area contributed by atoms with Crippen LogP contribution in [0.2, 0.25) is 0 Å². The summed E-state index contributed by atoms with van der Waals surface area (Å²) in [5.74, 6) is -0.462. The lowest BCUT2D eigenvalue weighted by Crippen LogP contribution is -2.26. The van der Waals surface area contributed by atoms with Gasteiger partial charge in [-0.25, -0.2) is 0 Å². The highest BCUT2D eigenvalue weighted by Crippen LogP contribution is 2.34. The van der Waals surface area contributed by atoms with Crippen LogP contribution in [-0.2, 0) is 19.0 Å². The second-order valence-corrected chi connectivity index (χ2v) is 4.00. The maximum absolute atomic E-state index is 10.9. The zero-order valence-corrected chi connectivity index (χ0v) is 8.07. The molecule has 0 aromatic heterocycles. The molecule has 2 fully saturated rings. The third kappa shape index (κ3) is 1.75. The summed E-state index contributed by atoms with van der Waals surface area (Å²) in [7, 11) is 0. The van der Waals surface area contributed by atoms with Gasteiger partial charge in [0.15, 0.2) is 11.6 Å². The maximum atomic E-state index is 10.9. The highest BCUT2D eigenvalue weighted by molar-refractivity contribution is 5.83. The van der Waals surface area contributed by atoms with Crippen molar-refractivity contribution in [3.63, 3.8) is 0 Å². The molecule has 4 nitrogen and oxygen atoms in total. The summed E-state index contributed by atoms with van der Waals surface area (Å²) < 4.78 is 16.1. The quantitative estimate of drug-likeness (QED) is 0.589. The molecule has 0 spiro atoms. The van der Waals surface area contributed by atoms with Crippen molar-refractivity contribution in [2.24, 2.45) is 0 Å². The summed E-state index contributed by atoms with van der Waals surface area (Å²) in [6, 6.07) is 0. The van der Waals surface area contributed by atoms with E-state index in [2.05, 4.69) is 0 Å². The number of hydrogen-bond donors (Lipinski definition) is 0. The van der Waals surface area contributed by atoms with E-state index < -0.39 is 5.79 Å². The molecule has 2 rings (SSSR count). The van der Waals surface area contributed by atoms with Crippen LogP contribution in [0.3, 0.4) is 0 Å². The van der Waals surface area contributed by atoms with E-state index in [1.807, 2.05) is 13.8 Å². The Hall–Kier alpha value is -0.450. The van der Waals surface area contributed by atoms with Gasteiger partial charge in [0.25, 0.3) is 0 Å². The fourth-order valence-corrected chi connectivity index (χ4v) is 1.61. The fourth-order valence-electron chi connectivity index (χ4n) is 1.61. The molecule has 0 radical (unpaired) electrons. The Labute approximate surface area is 77.1 Å². The van der Waals surface area contributed by atoms with Gasteiger partial charge in [-0.15, -0.1) is 0 Å². The van der Waals surface area contributed by atoms with Crippen LogP contribution in [0.25, 0.3) is 0 Å². The van der Waals surface area contributed by atoms with Crippen LogP contribution in [0.5, 0.6) is 0 Å². The lowest BCUT2D eigenvalue weighted by atomic mass is 10.1. The van der Waals surface area contributed by atoms with Gasteiger partial charge >= 0.3 is 0 Å². The predicted molar refractivity (Wildman–Crippen MR) is 44.2 cm³/mol. The molecule has 74 valence electrons. The molecule has 0 aliphatic carbocycles. The van der Waals surface area contributed by atoms with Crippen LogP contribution < -0.4 is 0 Å². The number of ether oxygens (including phenoxy) is 3. The molecule has 2 heterocycles. The van der Waals surface area contributed by atoms with Crippen LogP contribution in [0.1, 0.15) is 20.8 Å². The monoisotopic (exact) mass is 186 g/mol. The van der Waals surface area contributed by atoms with Gasteiger partial charge in [0.2, 0.25) is 0 Å². The summed E-state index contributed by atoms with van der Waals surface area (Å²) in [6.45, 7) is 5.77. The van der Waals surface area contributed by atoms with Crippen molar-refractivity contribution in [3.05, 3.63) is 0 Å². The van der Waals surface area contributed by atoms with Gasteiger partial charge < -0.3 is 14.2 Å². The Bertz CT molecular complexity index is 236. The fraction of sp³-hybridized carbons (Fsp3) is 0.889. The summed E-state index contributed by atoms with van der Waals surface area (Å²) in [6.07, 6.45) is -0.425. The molecule has 2 aliphatic rings. The lowest BCUT2D eigenvalue weighted by molar-refractivity contribution is -0.140. The summed E-state index contributed by atoms with van der Waals surface area (Å²) in [4.78, 5) is 10.9. The Morgan fingerprint density at radius 3 is 2.54 bits per heavy atom. The van der Waals surface area contributed by atoms with Crippen LogP contribution in [0.4, 0.5) is 0 Å². The number of rotatable bonds is 2. The number of hydrogen-bond acceptors (Lipinski definition) is 4. The summed E-state index contributed by atoms with van der Waals surface area (Å²) in [5, 5.41) is 0. The minimum atomic E-state index is -0.530. The zero-order chi connectivity index (χ0) is 9.64. The molecule has 2 saturated heterocycles. The van der Waals surface area contributed by atoms with Gasteiger partial charge in [-0.2, -0.15) is 0 Å². The molecule has 0 N–H and O–H groups in total. The average molecular weight is 186 g/mol. The first-order valence-corrected chi connectivity index (χ1v) is 4.47. The number of Topliss-reactive ketones (excluding diaryl/α,β-unsaturated/α-hetero) is 1. The Morgan fingerprint density at radius 1 is 1.46 bits per heavy atom. The van der Waals surface area contributed by atoms with Crippen molar-refractivity contribution in [3.8, 4) is 0 Å². The second kappa shape index (κ2) is 2.77. The van der Waals surface area contributed by atoms with Crippen molar-refractivity contribution in [1.29, 1.82) is 0 Å². The first kappa shape index (κ1) is 9.12. The predicted octanol–water partition coefficient (Wildman–Crippen LogP) is 0.494. The van der Waals surface area contributed by atoms with Crippen molar-refractivity contribution < 1.29 is 19.0 Å². The van der Waals surface area contributed by atoms with Gasteiger partial charge in [0.1, 0.15) is 18.3 Å². The maximum Gasteiger partial charge on any atom is 0.163 e. The third-order valence-electron chi connectivity index (χ3n) is 2.32.